The van der Waals surface area contributed by atoms with Crippen LogP contribution in [0, 0.1) is 0 Å². The average molecular weight is 211 g/mol. The van der Waals surface area contributed by atoms with Crippen molar-refractivity contribution < 1.29 is 22.8 Å². The lowest BCUT2D eigenvalue weighted by Gasteiger charge is -2.00. The Kier molecular flexibility index (Phi) is 3.06. The number of halogens is 3. The van der Waals surface area contributed by atoms with E-state index in [4.69, 9.17) is 10.8 Å². The minimum Gasteiger partial charge on any atom is -0.394 e. The lowest BCUT2D eigenvalue weighted by Crippen LogP contribution is -2.16. The van der Waals surface area contributed by atoms with E-state index in [1.807, 2.05) is 0 Å². The summed E-state index contributed by atoms with van der Waals surface area (Å²) in [6.07, 6.45) is -5.69. The highest BCUT2D eigenvalue weighted by Crippen LogP contribution is 2.20. The standard InChI is InChI=1S/C6H8F3N3O2/c7-6(8,9)1-4-11-5(12-14-4)3(10)2-13/h3,13H,1-2,10H2. The van der Waals surface area contributed by atoms with Gasteiger partial charge in [-0.2, -0.15) is 18.2 Å². The molecule has 1 aromatic rings. The smallest absolute Gasteiger partial charge is 0.394 e. The van der Waals surface area contributed by atoms with Crippen LogP contribution in [0.5, 0.6) is 0 Å². The van der Waals surface area contributed by atoms with Crippen LogP contribution >= 0.6 is 0 Å². The zero-order chi connectivity index (χ0) is 10.8. The summed E-state index contributed by atoms with van der Waals surface area (Å²) in [7, 11) is 0. The normalized spacial score (nSPS) is 14.4. The Labute approximate surface area is 76.7 Å². The maximum atomic E-state index is 11.8. The van der Waals surface area contributed by atoms with Gasteiger partial charge in [0.05, 0.1) is 12.6 Å². The predicted molar refractivity (Wildman–Crippen MR) is 38.1 cm³/mol. The van der Waals surface area contributed by atoms with Gasteiger partial charge in [0, 0.05) is 0 Å². The van der Waals surface area contributed by atoms with Crippen LogP contribution in [0.1, 0.15) is 17.8 Å². The van der Waals surface area contributed by atoms with Crippen molar-refractivity contribution in [2.75, 3.05) is 6.61 Å². The average Bonchev–Trinajstić information content (AvgIpc) is 2.48. The Morgan fingerprint density at radius 1 is 1.50 bits per heavy atom. The summed E-state index contributed by atoms with van der Waals surface area (Å²) in [4.78, 5) is 3.38. The number of hydrogen-bond donors (Lipinski definition) is 2. The summed E-state index contributed by atoms with van der Waals surface area (Å²) in [6.45, 7) is -0.453. The maximum Gasteiger partial charge on any atom is 0.397 e. The number of nitrogens with zero attached hydrogens (tertiary/aromatic N) is 2. The number of hydrogen-bond acceptors (Lipinski definition) is 5. The lowest BCUT2D eigenvalue weighted by molar-refractivity contribution is -0.131. The highest BCUT2D eigenvalue weighted by atomic mass is 19.4. The first-order chi connectivity index (χ1) is 6.42. The first-order valence-electron chi connectivity index (χ1n) is 3.68. The maximum absolute atomic E-state index is 11.8. The van der Waals surface area contributed by atoms with Crippen molar-refractivity contribution in [1.29, 1.82) is 0 Å². The summed E-state index contributed by atoms with van der Waals surface area (Å²) < 4.78 is 39.8. The van der Waals surface area contributed by atoms with Crippen LogP contribution in [0.2, 0.25) is 0 Å². The van der Waals surface area contributed by atoms with E-state index in [1.165, 1.54) is 0 Å². The lowest BCUT2D eigenvalue weighted by atomic mass is 10.3. The van der Waals surface area contributed by atoms with Gasteiger partial charge < -0.3 is 15.4 Å². The Balaban J connectivity index is 2.69. The molecule has 0 aromatic carbocycles. The molecule has 0 bridgehead atoms. The van der Waals surface area contributed by atoms with Crippen molar-refractivity contribution in [3.05, 3.63) is 11.7 Å². The predicted octanol–water partition coefficient (Wildman–Crippen LogP) is 0.166. The van der Waals surface area contributed by atoms with Gasteiger partial charge in [0.2, 0.25) is 5.89 Å². The van der Waals surface area contributed by atoms with E-state index >= 15 is 0 Å². The van der Waals surface area contributed by atoms with Crippen molar-refractivity contribution in [2.45, 2.75) is 18.6 Å². The highest BCUT2D eigenvalue weighted by molar-refractivity contribution is 4.93. The Bertz CT molecular complexity index is 299. The second-order valence-corrected chi connectivity index (χ2v) is 2.63. The van der Waals surface area contributed by atoms with Crippen LogP contribution < -0.4 is 5.73 Å². The van der Waals surface area contributed by atoms with Gasteiger partial charge in [-0.3, -0.25) is 0 Å². The third-order valence-electron chi connectivity index (χ3n) is 1.36. The molecule has 3 N–H and O–H groups in total. The molecular formula is C6H8F3N3O2. The molecule has 0 fully saturated rings. The minimum absolute atomic E-state index is 0.133. The van der Waals surface area contributed by atoms with E-state index < -0.39 is 31.1 Å². The van der Waals surface area contributed by atoms with E-state index in [9.17, 15) is 13.2 Å². The number of aromatic nitrogens is 2. The SMILES string of the molecule is NC(CO)c1noc(CC(F)(F)F)n1. The first kappa shape index (κ1) is 10.9. The summed E-state index contributed by atoms with van der Waals surface area (Å²) >= 11 is 0. The van der Waals surface area contributed by atoms with Gasteiger partial charge in [-0.15, -0.1) is 0 Å². The molecule has 8 heteroatoms. The van der Waals surface area contributed by atoms with Crippen molar-refractivity contribution in [3.8, 4) is 0 Å². The van der Waals surface area contributed by atoms with Gasteiger partial charge in [0.1, 0.15) is 6.42 Å². The Hall–Kier alpha value is -1.15. The van der Waals surface area contributed by atoms with Gasteiger partial charge in [-0.1, -0.05) is 5.16 Å². The van der Waals surface area contributed by atoms with Crippen molar-refractivity contribution in [1.82, 2.24) is 10.1 Å². The van der Waals surface area contributed by atoms with E-state index in [1.54, 1.807) is 0 Å². The van der Waals surface area contributed by atoms with Crippen LogP contribution in [-0.4, -0.2) is 28.0 Å². The number of aliphatic hydroxyl groups excluding tert-OH is 1. The molecule has 0 spiro atoms. The van der Waals surface area contributed by atoms with Crippen molar-refractivity contribution in [2.24, 2.45) is 5.73 Å². The van der Waals surface area contributed by atoms with Crippen LogP contribution in [0.3, 0.4) is 0 Å². The molecule has 1 rings (SSSR count). The van der Waals surface area contributed by atoms with Gasteiger partial charge in [-0.05, 0) is 0 Å². The van der Waals surface area contributed by atoms with Crippen LogP contribution in [0.25, 0.3) is 0 Å². The molecule has 14 heavy (non-hydrogen) atoms. The third-order valence-corrected chi connectivity index (χ3v) is 1.36. The first-order valence-corrected chi connectivity index (χ1v) is 3.68. The van der Waals surface area contributed by atoms with Crippen molar-refractivity contribution in [3.63, 3.8) is 0 Å². The molecule has 1 heterocycles. The number of aliphatic hydroxyl groups is 1. The molecule has 80 valence electrons. The van der Waals surface area contributed by atoms with E-state index in [2.05, 4.69) is 14.7 Å². The minimum atomic E-state index is -4.40. The van der Waals surface area contributed by atoms with Crippen LogP contribution in [0.15, 0.2) is 4.52 Å². The van der Waals surface area contributed by atoms with Gasteiger partial charge in [0.25, 0.3) is 0 Å². The zero-order valence-electron chi connectivity index (χ0n) is 6.95. The van der Waals surface area contributed by atoms with Crippen molar-refractivity contribution >= 4 is 0 Å². The van der Waals surface area contributed by atoms with Gasteiger partial charge >= 0.3 is 6.18 Å². The summed E-state index contributed by atoms with van der Waals surface area (Å²) in [5, 5.41) is 11.8. The van der Waals surface area contributed by atoms with Gasteiger partial charge in [0.15, 0.2) is 5.82 Å². The monoisotopic (exact) mass is 211 g/mol. The molecule has 0 aliphatic carbocycles. The highest BCUT2D eigenvalue weighted by Gasteiger charge is 2.31. The largest absolute Gasteiger partial charge is 0.397 e. The molecule has 1 unspecified atom stereocenters. The number of rotatable bonds is 3. The zero-order valence-corrected chi connectivity index (χ0v) is 6.95. The fourth-order valence-corrected chi connectivity index (χ4v) is 0.744. The molecule has 0 saturated heterocycles. The topological polar surface area (TPSA) is 85.2 Å². The summed E-state index contributed by atoms with van der Waals surface area (Å²) in [6, 6.07) is -0.916. The molecule has 0 saturated carbocycles. The van der Waals surface area contributed by atoms with E-state index in [-0.39, 0.29) is 5.82 Å². The molecule has 1 atom stereocenters. The third kappa shape index (κ3) is 2.96. The van der Waals surface area contributed by atoms with Crippen LogP contribution in [-0.2, 0) is 6.42 Å². The van der Waals surface area contributed by atoms with Crippen LogP contribution in [0.4, 0.5) is 13.2 Å². The second kappa shape index (κ2) is 3.93. The number of alkyl halides is 3. The molecular weight excluding hydrogens is 203 g/mol. The molecule has 0 aliphatic heterocycles. The molecule has 0 radical (unpaired) electrons. The summed E-state index contributed by atoms with van der Waals surface area (Å²) in [5.41, 5.74) is 5.26. The summed E-state index contributed by atoms with van der Waals surface area (Å²) in [5.74, 6) is -0.692. The van der Waals surface area contributed by atoms with E-state index in [0.717, 1.165) is 0 Å². The fraction of sp³-hybridized carbons (Fsp3) is 0.667. The Morgan fingerprint density at radius 2 is 2.14 bits per heavy atom. The second-order valence-electron chi connectivity index (χ2n) is 2.63. The molecule has 5 nitrogen and oxygen atoms in total. The fourth-order valence-electron chi connectivity index (χ4n) is 0.744. The Morgan fingerprint density at radius 3 is 2.64 bits per heavy atom. The number of nitrogens with two attached hydrogens (primary N) is 1. The molecule has 0 amide bonds. The molecule has 1 aromatic heterocycles. The molecule has 0 aliphatic rings. The van der Waals surface area contributed by atoms with Gasteiger partial charge in [-0.25, -0.2) is 0 Å². The quantitative estimate of drug-likeness (QED) is 0.744. The van der Waals surface area contributed by atoms with E-state index in [0.29, 0.717) is 0 Å².